The van der Waals surface area contributed by atoms with Gasteiger partial charge in [-0.2, -0.15) is 13.2 Å². The number of nitrogens with one attached hydrogen (secondary N) is 1. The highest BCUT2D eigenvalue weighted by Crippen LogP contribution is 2.41. The number of ether oxygens (including phenoxy) is 2. The summed E-state index contributed by atoms with van der Waals surface area (Å²) in [5.74, 6) is -2.07. The monoisotopic (exact) mass is 657 g/mol. The quantitative estimate of drug-likeness (QED) is 0.206. The first-order valence-corrected chi connectivity index (χ1v) is 16.3. The van der Waals surface area contributed by atoms with E-state index in [1.165, 1.54) is 0 Å². The molecular weight excluding hydrogens is 627 g/mol. The van der Waals surface area contributed by atoms with Crippen LogP contribution in [0.4, 0.5) is 18.9 Å². The first-order valence-electron chi connectivity index (χ1n) is 14.5. The molecule has 2 amide bonds. The van der Waals surface area contributed by atoms with Crippen molar-refractivity contribution < 1.29 is 37.3 Å². The second-order valence-electron chi connectivity index (χ2n) is 10.9. The molecule has 0 aliphatic carbocycles. The number of aliphatic hydroxyl groups is 1. The van der Waals surface area contributed by atoms with Crippen molar-refractivity contribution >= 4 is 50.8 Å². The van der Waals surface area contributed by atoms with E-state index in [0.29, 0.717) is 34.7 Å². The van der Waals surface area contributed by atoms with Gasteiger partial charge in [-0.25, -0.2) is 4.98 Å². The first kappa shape index (κ1) is 31.5. The van der Waals surface area contributed by atoms with Crippen molar-refractivity contribution in [2.75, 3.05) is 17.6 Å². The normalized spacial score (nSPS) is 22.1. The summed E-state index contributed by atoms with van der Waals surface area (Å²) in [6.45, 7) is -0.197. The molecule has 6 rings (SSSR count). The molecule has 0 saturated carbocycles. The molecule has 13 heteroatoms. The number of anilines is 1. The van der Waals surface area contributed by atoms with Gasteiger partial charge in [0.2, 0.25) is 5.91 Å². The van der Waals surface area contributed by atoms with Crippen molar-refractivity contribution in [2.24, 2.45) is 0 Å². The molecule has 2 saturated heterocycles. The van der Waals surface area contributed by atoms with Crippen molar-refractivity contribution in [3.63, 3.8) is 0 Å². The van der Waals surface area contributed by atoms with E-state index in [1.54, 1.807) is 47.4 Å². The van der Waals surface area contributed by atoms with E-state index in [1.807, 2.05) is 48.5 Å². The number of nitrogens with zero attached hydrogens (tertiary/aromatic N) is 2. The molecule has 0 bridgehead atoms. The number of hydrogen-bond donors (Lipinski definition) is 2. The maximum absolute atomic E-state index is 13.1. The third kappa shape index (κ3) is 7.33. The molecule has 2 aliphatic heterocycles. The number of aliphatic hydroxyl groups excluding tert-OH is 1. The number of thioether (sulfide) groups is 1. The largest absolute Gasteiger partial charge is 0.471 e. The van der Waals surface area contributed by atoms with Crippen LogP contribution in [0.5, 0.6) is 0 Å². The highest BCUT2D eigenvalue weighted by atomic mass is 32.2. The number of carbonyl (C=O) groups excluding carboxylic acids is 2. The third-order valence-electron chi connectivity index (χ3n) is 7.77. The predicted molar refractivity (Wildman–Crippen MR) is 165 cm³/mol. The molecule has 2 N–H and O–H groups in total. The van der Waals surface area contributed by atoms with E-state index in [2.05, 4.69) is 5.32 Å². The fourth-order valence-electron chi connectivity index (χ4n) is 5.53. The summed E-state index contributed by atoms with van der Waals surface area (Å²) < 4.78 is 54.1. The van der Waals surface area contributed by atoms with E-state index in [0.717, 1.165) is 25.7 Å². The van der Waals surface area contributed by atoms with Crippen LogP contribution in [-0.2, 0) is 25.7 Å². The van der Waals surface area contributed by atoms with Gasteiger partial charge in [-0.15, -0.1) is 11.3 Å². The zero-order valence-corrected chi connectivity index (χ0v) is 25.5. The molecule has 0 spiro atoms. The number of fused-ring (bicyclic) bond motifs is 1. The molecule has 45 heavy (non-hydrogen) atoms. The summed E-state index contributed by atoms with van der Waals surface area (Å²) in [5, 5.41) is 12.2. The Balaban J connectivity index is 1.19. The van der Waals surface area contributed by atoms with Crippen LogP contribution in [0.25, 0.3) is 10.2 Å². The Labute approximate surface area is 265 Å². The predicted octanol–water partition coefficient (Wildman–Crippen LogP) is 6.62. The SMILES string of the molecule is O=C(Nc1cccc([C@@H]2O[C@H](CSc3nc4ccccc4s3)C[C@H](c3ccc(CO)cc3)O2)c1)[C@@H]1CCCN1C(=O)C(F)(F)F. The average Bonchev–Trinajstić information content (AvgIpc) is 3.70. The Bertz CT molecular complexity index is 1630. The topological polar surface area (TPSA) is 101 Å². The summed E-state index contributed by atoms with van der Waals surface area (Å²) >= 11 is 3.23. The Morgan fingerprint density at radius 3 is 2.60 bits per heavy atom. The van der Waals surface area contributed by atoms with Crippen LogP contribution in [0.1, 0.15) is 48.3 Å². The van der Waals surface area contributed by atoms with Crippen molar-refractivity contribution in [1.82, 2.24) is 9.88 Å². The molecule has 0 radical (unpaired) electrons. The summed E-state index contributed by atoms with van der Waals surface area (Å²) in [4.78, 5) is 30.2. The molecule has 1 aromatic heterocycles. The average molecular weight is 658 g/mol. The zero-order chi connectivity index (χ0) is 31.6. The second kappa shape index (κ2) is 13.5. The van der Waals surface area contributed by atoms with Gasteiger partial charge >= 0.3 is 12.1 Å². The van der Waals surface area contributed by atoms with Crippen molar-refractivity contribution in [3.8, 4) is 0 Å². The minimum absolute atomic E-state index is 0.0690. The highest BCUT2D eigenvalue weighted by Gasteiger charge is 2.47. The van der Waals surface area contributed by atoms with Crippen molar-refractivity contribution in [2.45, 2.75) is 60.9 Å². The van der Waals surface area contributed by atoms with E-state index < -0.39 is 30.3 Å². The molecule has 8 nitrogen and oxygen atoms in total. The van der Waals surface area contributed by atoms with Gasteiger partial charge in [0.05, 0.1) is 29.0 Å². The molecular formula is C32H30F3N3O5S2. The van der Waals surface area contributed by atoms with Gasteiger partial charge in [0, 0.05) is 30.0 Å². The number of rotatable bonds is 8. The van der Waals surface area contributed by atoms with Gasteiger partial charge in [0.15, 0.2) is 10.6 Å². The molecule has 2 aliphatic rings. The maximum Gasteiger partial charge on any atom is 0.471 e. The molecule has 236 valence electrons. The number of alkyl halides is 3. The lowest BCUT2D eigenvalue weighted by Crippen LogP contribution is -2.48. The Kier molecular flexibility index (Phi) is 9.43. The number of amides is 2. The van der Waals surface area contributed by atoms with Crippen LogP contribution in [0, 0.1) is 0 Å². The number of halogens is 3. The van der Waals surface area contributed by atoms with Crippen LogP contribution in [0.3, 0.4) is 0 Å². The van der Waals surface area contributed by atoms with Gasteiger partial charge in [-0.3, -0.25) is 9.59 Å². The molecule has 3 aromatic carbocycles. The van der Waals surface area contributed by atoms with Crippen molar-refractivity contribution in [1.29, 1.82) is 0 Å². The first-order chi connectivity index (χ1) is 21.7. The highest BCUT2D eigenvalue weighted by molar-refractivity contribution is 8.01. The minimum atomic E-state index is -5.05. The smallest absolute Gasteiger partial charge is 0.392 e. The number of likely N-dealkylation sites (tertiary alicyclic amines) is 1. The molecule has 4 aromatic rings. The molecule has 0 unspecified atom stereocenters. The minimum Gasteiger partial charge on any atom is -0.392 e. The molecule has 4 atom stereocenters. The van der Waals surface area contributed by atoms with Gasteiger partial charge in [0.25, 0.3) is 0 Å². The lowest BCUT2D eigenvalue weighted by molar-refractivity contribution is -0.245. The number of carbonyl (C=O) groups is 2. The fourth-order valence-corrected chi connectivity index (χ4v) is 7.65. The number of para-hydroxylation sites is 1. The molecule has 3 heterocycles. The van der Waals surface area contributed by atoms with Gasteiger partial charge in [-0.05, 0) is 48.2 Å². The van der Waals surface area contributed by atoms with E-state index in [4.69, 9.17) is 14.5 Å². The fraction of sp³-hybridized carbons (Fsp3) is 0.344. The van der Waals surface area contributed by atoms with E-state index >= 15 is 0 Å². The Hall–Kier alpha value is -3.49. The zero-order valence-electron chi connectivity index (χ0n) is 23.9. The van der Waals surface area contributed by atoms with Crippen LogP contribution >= 0.6 is 23.1 Å². The van der Waals surface area contributed by atoms with E-state index in [9.17, 15) is 27.9 Å². The van der Waals surface area contributed by atoms with Crippen LogP contribution in [0.15, 0.2) is 77.1 Å². The van der Waals surface area contributed by atoms with Crippen LogP contribution < -0.4 is 5.32 Å². The lowest BCUT2D eigenvalue weighted by Gasteiger charge is -2.36. The number of thiazole rings is 1. The van der Waals surface area contributed by atoms with Crippen molar-refractivity contribution in [3.05, 3.63) is 89.5 Å². The lowest BCUT2D eigenvalue weighted by atomic mass is 10.0. The van der Waals surface area contributed by atoms with Gasteiger partial charge in [-0.1, -0.05) is 60.3 Å². The number of hydrogen-bond acceptors (Lipinski definition) is 8. The maximum atomic E-state index is 13.1. The van der Waals surface area contributed by atoms with Gasteiger partial charge in [0.1, 0.15) is 6.04 Å². The van der Waals surface area contributed by atoms with Crippen LogP contribution in [0.2, 0.25) is 0 Å². The third-order valence-corrected chi connectivity index (χ3v) is 10.1. The summed E-state index contributed by atoms with van der Waals surface area (Å²) in [6.07, 6.45) is -5.36. The standard InChI is InChI=1S/C32H30F3N3O5S2/c33-32(34,35)30(41)38-14-4-8-25(38)28(40)36-22-6-3-5-21(15-22)29-42-23(16-26(43-29)20-12-10-19(17-39)11-13-20)18-44-31-37-24-7-1-2-9-27(24)45-31/h1-3,5-7,9-13,15,23,25-26,29,39H,4,8,14,16-18H2,(H,36,40)/t23-,25-,26+,29+/m0/s1. The summed E-state index contributed by atoms with van der Waals surface area (Å²) in [6, 6.07) is 21.1. The van der Waals surface area contributed by atoms with E-state index in [-0.39, 0.29) is 31.8 Å². The summed E-state index contributed by atoms with van der Waals surface area (Å²) in [5.41, 5.74) is 3.63. The van der Waals surface area contributed by atoms with Crippen LogP contribution in [-0.4, -0.2) is 57.4 Å². The van der Waals surface area contributed by atoms with Gasteiger partial charge < -0.3 is 24.8 Å². The summed E-state index contributed by atoms with van der Waals surface area (Å²) in [7, 11) is 0. The number of benzene rings is 3. The second-order valence-corrected chi connectivity index (χ2v) is 13.2. The Morgan fingerprint density at radius 1 is 1.04 bits per heavy atom. The molecule has 2 fully saturated rings. The number of aromatic nitrogens is 1. The Morgan fingerprint density at radius 2 is 1.84 bits per heavy atom.